The molecule has 1 aromatic heterocycles. The van der Waals surface area contributed by atoms with Crippen molar-refractivity contribution in [3.63, 3.8) is 0 Å². The molecule has 118 valence electrons. The highest BCUT2D eigenvalue weighted by atomic mass is 32.1. The summed E-state index contributed by atoms with van der Waals surface area (Å²) in [5.74, 6) is -0.185. The molecule has 0 amide bonds. The summed E-state index contributed by atoms with van der Waals surface area (Å²) < 4.78 is 45.8. The van der Waals surface area contributed by atoms with Crippen LogP contribution in [-0.4, -0.2) is 22.4 Å². The van der Waals surface area contributed by atoms with Gasteiger partial charge in [0, 0.05) is 11.5 Å². The van der Waals surface area contributed by atoms with Gasteiger partial charge < -0.3 is 10.1 Å². The monoisotopic (exact) mass is 329 g/mol. The summed E-state index contributed by atoms with van der Waals surface area (Å²) in [5.41, 5.74) is 1.22. The Balaban J connectivity index is 1.67. The van der Waals surface area contributed by atoms with E-state index >= 15 is 0 Å². The maximum atomic E-state index is 12.4. The molecule has 1 saturated heterocycles. The van der Waals surface area contributed by atoms with Crippen LogP contribution in [0.1, 0.15) is 30.1 Å². The average Bonchev–Trinajstić information content (AvgIpc) is 2.98. The first kappa shape index (κ1) is 15.2. The van der Waals surface area contributed by atoms with E-state index in [1.807, 2.05) is 12.1 Å². The SMILES string of the molecule is FC(F)(F)c1nsc(Oc2ccc(C3CCNCC3)cc2)n1. The van der Waals surface area contributed by atoms with Gasteiger partial charge in [-0.25, -0.2) is 0 Å². The van der Waals surface area contributed by atoms with E-state index in [1.54, 1.807) is 12.1 Å². The first-order valence-electron chi connectivity index (χ1n) is 6.92. The number of nitrogens with zero attached hydrogens (tertiary/aromatic N) is 2. The van der Waals surface area contributed by atoms with E-state index in [-0.39, 0.29) is 5.19 Å². The lowest BCUT2D eigenvalue weighted by atomic mass is 9.90. The van der Waals surface area contributed by atoms with Gasteiger partial charge in [0.1, 0.15) is 5.75 Å². The number of rotatable bonds is 3. The zero-order chi connectivity index (χ0) is 15.6. The Morgan fingerprint density at radius 2 is 1.82 bits per heavy atom. The number of alkyl halides is 3. The maximum absolute atomic E-state index is 12.4. The van der Waals surface area contributed by atoms with Crippen molar-refractivity contribution < 1.29 is 17.9 Å². The van der Waals surface area contributed by atoms with Gasteiger partial charge in [-0.3, -0.25) is 0 Å². The lowest BCUT2D eigenvalue weighted by molar-refractivity contribution is -0.144. The van der Waals surface area contributed by atoms with Crippen LogP contribution >= 0.6 is 11.5 Å². The molecule has 0 unspecified atom stereocenters. The van der Waals surface area contributed by atoms with Gasteiger partial charge in [-0.2, -0.15) is 22.5 Å². The fourth-order valence-corrected chi connectivity index (χ4v) is 3.00. The molecule has 2 heterocycles. The number of ether oxygens (including phenoxy) is 1. The van der Waals surface area contributed by atoms with Gasteiger partial charge in [0.25, 0.3) is 11.0 Å². The molecule has 0 spiro atoms. The lowest BCUT2D eigenvalue weighted by Crippen LogP contribution is -2.26. The third-order valence-electron chi connectivity index (χ3n) is 3.56. The maximum Gasteiger partial charge on any atom is 0.452 e. The molecule has 0 aliphatic carbocycles. The van der Waals surface area contributed by atoms with Crippen molar-refractivity contribution in [2.75, 3.05) is 13.1 Å². The first-order valence-corrected chi connectivity index (χ1v) is 7.69. The topological polar surface area (TPSA) is 47.0 Å². The van der Waals surface area contributed by atoms with Crippen LogP contribution in [0.4, 0.5) is 13.2 Å². The molecule has 1 aliphatic rings. The lowest BCUT2D eigenvalue weighted by Gasteiger charge is -2.22. The van der Waals surface area contributed by atoms with Gasteiger partial charge in [-0.05, 0) is 49.5 Å². The van der Waals surface area contributed by atoms with E-state index in [1.165, 1.54) is 5.56 Å². The van der Waals surface area contributed by atoms with Crippen LogP contribution in [0.2, 0.25) is 0 Å². The summed E-state index contributed by atoms with van der Waals surface area (Å²) in [6.45, 7) is 2.02. The van der Waals surface area contributed by atoms with Gasteiger partial charge in [-0.1, -0.05) is 12.1 Å². The smallest absolute Gasteiger partial charge is 0.430 e. The van der Waals surface area contributed by atoms with Gasteiger partial charge in [0.05, 0.1) is 0 Å². The molecule has 0 bridgehead atoms. The highest BCUT2D eigenvalue weighted by Crippen LogP contribution is 2.32. The summed E-state index contributed by atoms with van der Waals surface area (Å²) >= 11 is 0.592. The van der Waals surface area contributed by atoms with Gasteiger partial charge in [0.15, 0.2) is 0 Å². The predicted molar refractivity (Wildman–Crippen MR) is 76.3 cm³/mol. The second-order valence-corrected chi connectivity index (χ2v) is 5.79. The van der Waals surface area contributed by atoms with Crippen molar-refractivity contribution in [2.24, 2.45) is 0 Å². The molecule has 0 atom stereocenters. The normalized spacial score (nSPS) is 16.7. The van der Waals surface area contributed by atoms with E-state index in [0.29, 0.717) is 23.2 Å². The van der Waals surface area contributed by atoms with Crippen LogP contribution in [0.3, 0.4) is 0 Å². The Bertz CT molecular complexity index is 621. The molecule has 1 fully saturated rings. The number of piperidine rings is 1. The molecule has 3 rings (SSSR count). The largest absolute Gasteiger partial charge is 0.452 e. The number of nitrogens with one attached hydrogen (secondary N) is 1. The minimum Gasteiger partial charge on any atom is -0.430 e. The molecular formula is C14H14F3N3OS. The van der Waals surface area contributed by atoms with Crippen LogP contribution in [0.15, 0.2) is 24.3 Å². The average molecular weight is 329 g/mol. The predicted octanol–water partition coefficient (Wildman–Crippen LogP) is 3.82. The fourth-order valence-electron chi connectivity index (χ4n) is 2.43. The quantitative estimate of drug-likeness (QED) is 0.930. The van der Waals surface area contributed by atoms with Crippen LogP contribution < -0.4 is 10.1 Å². The number of hydrogen-bond donors (Lipinski definition) is 1. The van der Waals surface area contributed by atoms with Crippen molar-refractivity contribution in [1.82, 2.24) is 14.7 Å². The Morgan fingerprint density at radius 3 is 2.41 bits per heavy atom. The third-order valence-corrected chi connectivity index (χ3v) is 4.15. The van der Waals surface area contributed by atoms with Crippen LogP contribution in [0.5, 0.6) is 10.9 Å². The third kappa shape index (κ3) is 3.56. The van der Waals surface area contributed by atoms with Gasteiger partial charge in [-0.15, -0.1) is 0 Å². The first-order chi connectivity index (χ1) is 10.5. The van der Waals surface area contributed by atoms with Crippen LogP contribution in [-0.2, 0) is 6.18 Å². The molecule has 1 aromatic carbocycles. The Morgan fingerprint density at radius 1 is 1.14 bits per heavy atom. The zero-order valence-corrected chi connectivity index (χ0v) is 12.4. The van der Waals surface area contributed by atoms with E-state index in [2.05, 4.69) is 14.7 Å². The summed E-state index contributed by atoms with van der Waals surface area (Å²) in [6, 6.07) is 7.42. The van der Waals surface area contributed by atoms with E-state index < -0.39 is 12.0 Å². The van der Waals surface area contributed by atoms with Crippen molar-refractivity contribution in [3.8, 4) is 10.9 Å². The Kier molecular flexibility index (Phi) is 4.30. The molecule has 8 heteroatoms. The van der Waals surface area contributed by atoms with E-state index in [0.717, 1.165) is 25.9 Å². The molecule has 0 saturated carbocycles. The van der Waals surface area contributed by atoms with E-state index in [4.69, 9.17) is 4.74 Å². The number of benzene rings is 1. The highest BCUT2D eigenvalue weighted by molar-refractivity contribution is 7.07. The minimum absolute atomic E-state index is 0.109. The fraction of sp³-hybridized carbons (Fsp3) is 0.429. The highest BCUT2D eigenvalue weighted by Gasteiger charge is 2.36. The summed E-state index contributed by atoms with van der Waals surface area (Å²) in [7, 11) is 0. The number of halogens is 3. The molecule has 4 nitrogen and oxygen atoms in total. The van der Waals surface area contributed by atoms with Gasteiger partial charge in [0.2, 0.25) is 0 Å². The Labute approximate surface area is 129 Å². The second kappa shape index (κ2) is 6.21. The summed E-state index contributed by atoms with van der Waals surface area (Å²) in [4.78, 5) is 3.34. The van der Waals surface area contributed by atoms with Crippen LogP contribution in [0, 0.1) is 0 Å². The van der Waals surface area contributed by atoms with Crippen molar-refractivity contribution in [2.45, 2.75) is 24.9 Å². The molecular weight excluding hydrogens is 315 g/mol. The van der Waals surface area contributed by atoms with Crippen LogP contribution in [0.25, 0.3) is 0 Å². The van der Waals surface area contributed by atoms with E-state index in [9.17, 15) is 13.2 Å². The minimum atomic E-state index is -4.54. The molecule has 2 aromatic rings. The second-order valence-electron chi connectivity index (χ2n) is 5.08. The number of hydrogen-bond acceptors (Lipinski definition) is 5. The molecule has 1 aliphatic heterocycles. The van der Waals surface area contributed by atoms with Crippen molar-refractivity contribution >= 4 is 11.5 Å². The summed E-state index contributed by atoms with van der Waals surface area (Å²) in [5, 5.41) is 3.20. The molecule has 22 heavy (non-hydrogen) atoms. The molecule has 0 radical (unpaired) electrons. The zero-order valence-electron chi connectivity index (χ0n) is 11.6. The number of aromatic nitrogens is 2. The summed E-state index contributed by atoms with van der Waals surface area (Å²) in [6.07, 6.45) is -2.37. The standard InChI is InChI=1S/C14H14F3N3OS/c15-14(16,17)12-19-13(22-20-12)21-11-3-1-9(2-4-11)10-5-7-18-8-6-10/h1-4,10,18H,5-8H2. The van der Waals surface area contributed by atoms with Crippen molar-refractivity contribution in [1.29, 1.82) is 0 Å². The van der Waals surface area contributed by atoms with Crippen molar-refractivity contribution in [3.05, 3.63) is 35.7 Å². The Hall–Kier alpha value is -1.67. The van der Waals surface area contributed by atoms with Gasteiger partial charge >= 0.3 is 6.18 Å². The molecule has 1 N–H and O–H groups in total.